The van der Waals surface area contributed by atoms with Gasteiger partial charge in [0.05, 0.1) is 7.11 Å². The van der Waals surface area contributed by atoms with Crippen molar-refractivity contribution >= 4 is 64.3 Å². The van der Waals surface area contributed by atoms with E-state index in [2.05, 4.69) is 31.2 Å². The summed E-state index contributed by atoms with van der Waals surface area (Å²) in [6, 6.07) is 9.28. The van der Waals surface area contributed by atoms with Gasteiger partial charge in [-0.1, -0.05) is 48.4 Å². The van der Waals surface area contributed by atoms with Gasteiger partial charge in [0.15, 0.2) is 0 Å². The number of hydrogen-bond donors (Lipinski definition) is 0. The van der Waals surface area contributed by atoms with E-state index < -0.39 is 0 Å². The Balaban J connectivity index is 1.68. The lowest BCUT2D eigenvalue weighted by Crippen LogP contribution is -2.14. The molecule has 0 aliphatic heterocycles. The number of thiophene rings is 1. The molecule has 6 heteroatoms. The summed E-state index contributed by atoms with van der Waals surface area (Å²) >= 11 is 20.3. The molecule has 0 N–H and O–H groups in total. The first-order chi connectivity index (χ1) is 13.9. The molecule has 0 bridgehead atoms. The zero-order valence-electron chi connectivity index (χ0n) is 16.3. The van der Waals surface area contributed by atoms with Crippen LogP contribution in [0.2, 0.25) is 10.0 Å². The number of carbonyl (C=O) groups excluding carboxylic acids is 1. The van der Waals surface area contributed by atoms with Crippen LogP contribution in [-0.2, 0) is 4.74 Å². The lowest BCUT2D eigenvalue weighted by atomic mass is 9.87. The Labute approximate surface area is 191 Å². The quantitative estimate of drug-likeness (QED) is 0.318. The summed E-state index contributed by atoms with van der Waals surface area (Å²) in [5, 5.41) is 1.41. The molecule has 0 spiro atoms. The third-order valence-corrected chi connectivity index (χ3v) is 7.28. The van der Waals surface area contributed by atoms with Gasteiger partial charge in [0.1, 0.15) is 4.88 Å². The topological polar surface area (TPSA) is 26.3 Å². The zero-order chi connectivity index (χ0) is 21.0. The van der Waals surface area contributed by atoms with Crippen molar-refractivity contribution in [2.24, 2.45) is 17.8 Å². The second-order valence-electron chi connectivity index (χ2n) is 7.36. The molecule has 1 aliphatic rings. The van der Waals surface area contributed by atoms with Gasteiger partial charge in [-0.25, -0.2) is 4.79 Å². The van der Waals surface area contributed by atoms with Gasteiger partial charge in [0.2, 0.25) is 0 Å². The number of esters is 1. The highest BCUT2D eigenvalue weighted by Crippen LogP contribution is 2.43. The summed E-state index contributed by atoms with van der Waals surface area (Å²) in [5.74, 6) is 0.948. The van der Waals surface area contributed by atoms with Crippen LogP contribution < -0.4 is 0 Å². The SMILES string of the molecule is COC(=O)c1ccc(C=CCC2[C@H](Cl)C[C@@H](C)[C@@H]2C=Cc2cc(Cl)cc(Cl)c2)s1. The molecule has 4 atom stereocenters. The fourth-order valence-corrected chi connectivity index (χ4v) is 5.83. The molecule has 1 fully saturated rings. The zero-order valence-corrected chi connectivity index (χ0v) is 19.4. The molecule has 154 valence electrons. The molecule has 1 heterocycles. The third-order valence-electron chi connectivity index (χ3n) is 5.31. The van der Waals surface area contributed by atoms with E-state index in [0.29, 0.717) is 32.7 Å². The van der Waals surface area contributed by atoms with Gasteiger partial charge in [-0.2, -0.15) is 0 Å². The lowest BCUT2D eigenvalue weighted by molar-refractivity contribution is 0.0606. The second-order valence-corrected chi connectivity index (χ2v) is 9.91. The summed E-state index contributed by atoms with van der Waals surface area (Å²) in [5.41, 5.74) is 0.996. The minimum Gasteiger partial charge on any atom is -0.465 e. The Hall–Kier alpha value is -1.26. The third kappa shape index (κ3) is 5.88. The van der Waals surface area contributed by atoms with E-state index >= 15 is 0 Å². The molecular formula is C23H23Cl3O2S. The summed E-state index contributed by atoms with van der Waals surface area (Å²) in [6.07, 6.45) is 10.4. The number of hydrogen-bond acceptors (Lipinski definition) is 3. The van der Waals surface area contributed by atoms with Crippen molar-refractivity contribution in [2.45, 2.75) is 25.1 Å². The Morgan fingerprint density at radius 1 is 1.21 bits per heavy atom. The second kappa shape index (κ2) is 10.2. The van der Waals surface area contributed by atoms with Crippen molar-refractivity contribution in [2.75, 3.05) is 7.11 Å². The van der Waals surface area contributed by atoms with Crippen LogP contribution >= 0.6 is 46.1 Å². The number of benzene rings is 1. The van der Waals surface area contributed by atoms with Crippen molar-refractivity contribution in [3.05, 3.63) is 67.8 Å². The van der Waals surface area contributed by atoms with Crippen LogP contribution in [-0.4, -0.2) is 18.5 Å². The van der Waals surface area contributed by atoms with E-state index in [-0.39, 0.29) is 11.3 Å². The molecular weight excluding hydrogens is 447 g/mol. The highest BCUT2D eigenvalue weighted by molar-refractivity contribution is 7.14. The van der Waals surface area contributed by atoms with Crippen molar-refractivity contribution in [3.8, 4) is 0 Å². The Morgan fingerprint density at radius 2 is 1.93 bits per heavy atom. The maximum atomic E-state index is 11.6. The number of allylic oxidation sites excluding steroid dienone is 2. The first-order valence-electron chi connectivity index (χ1n) is 9.50. The summed E-state index contributed by atoms with van der Waals surface area (Å²) < 4.78 is 4.76. The standard InChI is InChI=1S/C23H23Cl3O2S/c1-14-10-21(26)20(5-3-4-18-7-9-22(29-18)23(27)28-2)19(14)8-6-15-11-16(24)13-17(25)12-15/h3-4,6-9,11-14,19-21H,5,10H2,1-2H3/t14-,19+,20?,21-/m1/s1. The lowest BCUT2D eigenvalue weighted by Gasteiger charge is -2.19. The number of halogens is 3. The van der Waals surface area contributed by atoms with E-state index in [9.17, 15) is 4.79 Å². The van der Waals surface area contributed by atoms with E-state index in [1.54, 1.807) is 12.1 Å². The average Bonchev–Trinajstić information content (AvgIpc) is 3.23. The smallest absolute Gasteiger partial charge is 0.348 e. The van der Waals surface area contributed by atoms with Crippen LogP contribution in [0, 0.1) is 17.8 Å². The highest BCUT2D eigenvalue weighted by Gasteiger charge is 2.37. The Kier molecular flexibility index (Phi) is 7.86. The van der Waals surface area contributed by atoms with E-state index in [1.807, 2.05) is 18.2 Å². The van der Waals surface area contributed by atoms with Crippen LogP contribution in [0.1, 0.15) is 39.9 Å². The predicted molar refractivity (Wildman–Crippen MR) is 125 cm³/mol. The number of ether oxygens (including phenoxy) is 1. The van der Waals surface area contributed by atoms with Crippen molar-refractivity contribution in [1.82, 2.24) is 0 Å². The fourth-order valence-electron chi connectivity index (χ4n) is 3.88. The van der Waals surface area contributed by atoms with Gasteiger partial charge in [0, 0.05) is 20.3 Å². The normalized spacial score (nSPS) is 24.6. The molecule has 1 aromatic heterocycles. The van der Waals surface area contributed by atoms with Crippen LogP contribution in [0.25, 0.3) is 12.2 Å². The minimum atomic E-state index is -0.300. The summed E-state index contributed by atoms with van der Waals surface area (Å²) in [4.78, 5) is 13.2. The van der Waals surface area contributed by atoms with Crippen LogP contribution in [0.5, 0.6) is 0 Å². The molecule has 0 saturated heterocycles. The van der Waals surface area contributed by atoms with Crippen molar-refractivity contribution < 1.29 is 9.53 Å². The molecule has 1 unspecified atom stereocenters. The number of carbonyl (C=O) groups is 1. The molecule has 2 nitrogen and oxygen atoms in total. The Bertz CT molecular complexity index is 898. The van der Waals surface area contributed by atoms with Gasteiger partial charge in [-0.15, -0.1) is 22.9 Å². The molecule has 29 heavy (non-hydrogen) atoms. The van der Waals surface area contributed by atoms with Gasteiger partial charge in [-0.05, 0) is 72.6 Å². The molecule has 1 aromatic carbocycles. The first-order valence-corrected chi connectivity index (χ1v) is 11.5. The first kappa shape index (κ1) is 22.4. The van der Waals surface area contributed by atoms with Crippen molar-refractivity contribution in [3.63, 3.8) is 0 Å². The highest BCUT2D eigenvalue weighted by atomic mass is 35.5. The van der Waals surface area contributed by atoms with Gasteiger partial charge in [-0.3, -0.25) is 0 Å². The molecule has 1 saturated carbocycles. The van der Waals surface area contributed by atoms with Gasteiger partial charge < -0.3 is 4.74 Å². The maximum absolute atomic E-state index is 11.6. The van der Waals surface area contributed by atoms with Crippen LogP contribution in [0.15, 0.2) is 42.5 Å². The summed E-state index contributed by atoms with van der Waals surface area (Å²) in [7, 11) is 1.39. The van der Waals surface area contributed by atoms with Gasteiger partial charge in [0.25, 0.3) is 0 Å². The predicted octanol–water partition coefficient (Wildman–Crippen LogP) is 7.84. The van der Waals surface area contributed by atoms with Crippen molar-refractivity contribution in [1.29, 1.82) is 0 Å². The minimum absolute atomic E-state index is 0.140. The van der Waals surface area contributed by atoms with Crippen LogP contribution in [0.4, 0.5) is 0 Å². The fraction of sp³-hybridized carbons (Fsp3) is 0.348. The summed E-state index contributed by atoms with van der Waals surface area (Å²) in [6.45, 7) is 2.25. The molecule has 0 amide bonds. The van der Waals surface area contributed by atoms with E-state index in [4.69, 9.17) is 39.5 Å². The largest absolute Gasteiger partial charge is 0.465 e. The van der Waals surface area contributed by atoms with E-state index in [0.717, 1.165) is 23.3 Å². The van der Waals surface area contributed by atoms with E-state index in [1.165, 1.54) is 18.4 Å². The molecule has 0 radical (unpaired) electrons. The molecule has 3 rings (SSSR count). The maximum Gasteiger partial charge on any atom is 0.348 e. The number of rotatable bonds is 6. The average molecular weight is 470 g/mol. The number of alkyl halides is 1. The monoisotopic (exact) mass is 468 g/mol. The Morgan fingerprint density at radius 3 is 2.62 bits per heavy atom. The molecule has 1 aliphatic carbocycles. The van der Waals surface area contributed by atoms with Gasteiger partial charge >= 0.3 is 5.97 Å². The van der Waals surface area contributed by atoms with Crippen LogP contribution in [0.3, 0.4) is 0 Å². The number of methoxy groups -OCH3 is 1. The molecule has 2 aromatic rings.